The van der Waals surface area contributed by atoms with Crippen LogP contribution in [0.2, 0.25) is 0 Å². The van der Waals surface area contributed by atoms with Crippen LogP contribution in [0.5, 0.6) is 0 Å². The van der Waals surface area contributed by atoms with Gasteiger partial charge in [0.15, 0.2) is 0 Å². The summed E-state index contributed by atoms with van der Waals surface area (Å²) in [6, 6.07) is 6.12. The first-order chi connectivity index (χ1) is 8.65. The summed E-state index contributed by atoms with van der Waals surface area (Å²) in [7, 11) is 0. The lowest BCUT2D eigenvalue weighted by molar-refractivity contribution is -0.127. The fourth-order valence-electron chi connectivity index (χ4n) is 2.24. The molecule has 0 saturated carbocycles. The third-order valence-corrected chi connectivity index (χ3v) is 3.26. The van der Waals surface area contributed by atoms with E-state index in [0.29, 0.717) is 5.92 Å². The van der Waals surface area contributed by atoms with E-state index in [1.54, 1.807) is 24.3 Å². The SMILES string of the molecule is C[C@H]1CCCN(C(=O)/C=C\c2ccc(F)cc2)C1. The van der Waals surface area contributed by atoms with Crippen LogP contribution in [0.25, 0.3) is 6.08 Å². The van der Waals surface area contributed by atoms with Crippen LogP contribution >= 0.6 is 0 Å². The number of halogens is 1. The fourth-order valence-corrected chi connectivity index (χ4v) is 2.24. The van der Waals surface area contributed by atoms with Crippen LogP contribution < -0.4 is 0 Å². The molecule has 0 radical (unpaired) electrons. The van der Waals surface area contributed by atoms with Gasteiger partial charge in [-0.2, -0.15) is 0 Å². The topological polar surface area (TPSA) is 20.3 Å². The maximum absolute atomic E-state index is 12.7. The Labute approximate surface area is 107 Å². The summed E-state index contributed by atoms with van der Waals surface area (Å²) in [4.78, 5) is 13.8. The summed E-state index contributed by atoms with van der Waals surface area (Å²) in [6.45, 7) is 3.85. The molecular formula is C15H18FNO. The van der Waals surface area contributed by atoms with Crippen molar-refractivity contribution in [2.45, 2.75) is 19.8 Å². The highest BCUT2D eigenvalue weighted by Crippen LogP contribution is 2.16. The van der Waals surface area contributed by atoms with Crippen LogP contribution in [0.1, 0.15) is 25.3 Å². The van der Waals surface area contributed by atoms with Crippen molar-refractivity contribution >= 4 is 12.0 Å². The zero-order valence-electron chi connectivity index (χ0n) is 10.6. The number of hydrogen-bond acceptors (Lipinski definition) is 1. The average molecular weight is 247 g/mol. The molecule has 18 heavy (non-hydrogen) atoms. The molecule has 1 atom stereocenters. The predicted octanol–water partition coefficient (Wildman–Crippen LogP) is 3.10. The van der Waals surface area contributed by atoms with Crippen LogP contribution in [0.3, 0.4) is 0 Å². The highest BCUT2D eigenvalue weighted by atomic mass is 19.1. The van der Waals surface area contributed by atoms with Crippen molar-refractivity contribution in [2.75, 3.05) is 13.1 Å². The van der Waals surface area contributed by atoms with Gasteiger partial charge in [0.25, 0.3) is 0 Å². The minimum atomic E-state index is -0.261. The smallest absolute Gasteiger partial charge is 0.246 e. The molecule has 0 N–H and O–H groups in total. The average Bonchev–Trinajstić information content (AvgIpc) is 2.38. The summed E-state index contributed by atoms with van der Waals surface area (Å²) in [6.07, 6.45) is 5.59. The van der Waals surface area contributed by atoms with Crippen molar-refractivity contribution in [2.24, 2.45) is 5.92 Å². The Bertz CT molecular complexity index is 438. The van der Waals surface area contributed by atoms with Crippen LogP contribution in [-0.2, 0) is 4.79 Å². The first-order valence-electron chi connectivity index (χ1n) is 6.38. The lowest BCUT2D eigenvalue weighted by atomic mass is 10.0. The van der Waals surface area contributed by atoms with Crippen molar-refractivity contribution in [3.05, 3.63) is 41.7 Å². The number of hydrogen-bond donors (Lipinski definition) is 0. The molecule has 2 nitrogen and oxygen atoms in total. The molecule has 2 rings (SSSR count). The summed E-state index contributed by atoms with van der Waals surface area (Å²) in [5.41, 5.74) is 0.842. The molecule has 0 spiro atoms. The quantitative estimate of drug-likeness (QED) is 0.735. The van der Waals surface area contributed by atoms with Gasteiger partial charge < -0.3 is 4.90 Å². The van der Waals surface area contributed by atoms with Crippen molar-refractivity contribution in [1.82, 2.24) is 4.90 Å². The van der Waals surface area contributed by atoms with Crippen molar-refractivity contribution in [3.63, 3.8) is 0 Å². The van der Waals surface area contributed by atoms with E-state index >= 15 is 0 Å². The van der Waals surface area contributed by atoms with E-state index in [9.17, 15) is 9.18 Å². The molecule has 1 aromatic rings. The van der Waals surface area contributed by atoms with E-state index in [2.05, 4.69) is 6.92 Å². The summed E-state index contributed by atoms with van der Waals surface area (Å²) < 4.78 is 12.7. The van der Waals surface area contributed by atoms with Crippen LogP contribution in [-0.4, -0.2) is 23.9 Å². The monoisotopic (exact) mass is 247 g/mol. The van der Waals surface area contributed by atoms with E-state index in [1.165, 1.54) is 18.6 Å². The fraction of sp³-hybridized carbons (Fsp3) is 0.400. The molecule has 96 valence electrons. The number of rotatable bonds is 2. The Hall–Kier alpha value is -1.64. The van der Waals surface area contributed by atoms with E-state index < -0.39 is 0 Å². The number of carbonyl (C=O) groups excluding carboxylic acids is 1. The van der Waals surface area contributed by atoms with Crippen molar-refractivity contribution in [3.8, 4) is 0 Å². The van der Waals surface area contributed by atoms with Gasteiger partial charge in [0.2, 0.25) is 5.91 Å². The molecule has 0 unspecified atom stereocenters. The lowest BCUT2D eigenvalue weighted by Crippen LogP contribution is -2.38. The largest absolute Gasteiger partial charge is 0.339 e. The maximum Gasteiger partial charge on any atom is 0.246 e. The standard InChI is InChI=1S/C15H18FNO/c1-12-3-2-10-17(11-12)15(18)9-6-13-4-7-14(16)8-5-13/h4-9,12H,2-3,10-11H2,1H3/b9-6-/t12-/m0/s1. The van der Waals surface area contributed by atoms with Crippen molar-refractivity contribution < 1.29 is 9.18 Å². The van der Waals surface area contributed by atoms with E-state index in [1.807, 2.05) is 4.90 Å². The first-order valence-corrected chi connectivity index (χ1v) is 6.38. The van der Waals surface area contributed by atoms with Gasteiger partial charge >= 0.3 is 0 Å². The normalized spacial score (nSPS) is 20.3. The van der Waals surface area contributed by atoms with Gasteiger partial charge in [0, 0.05) is 19.2 Å². The second-order valence-corrected chi connectivity index (χ2v) is 4.92. The zero-order valence-corrected chi connectivity index (χ0v) is 10.6. The highest BCUT2D eigenvalue weighted by molar-refractivity contribution is 5.91. The van der Waals surface area contributed by atoms with Gasteiger partial charge in [-0.05, 0) is 42.5 Å². The number of likely N-dealkylation sites (tertiary alicyclic amines) is 1. The molecule has 1 heterocycles. The van der Waals surface area contributed by atoms with Gasteiger partial charge in [0.1, 0.15) is 5.82 Å². The zero-order chi connectivity index (χ0) is 13.0. The maximum atomic E-state index is 12.7. The second kappa shape index (κ2) is 5.80. The summed E-state index contributed by atoms with van der Waals surface area (Å²) in [5, 5.41) is 0. The molecule has 0 aromatic heterocycles. The number of piperidine rings is 1. The Morgan fingerprint density at radius 3 is 2.78 bits per heavy atom. The Morgan fingerprint density at radius 1 is 1.39 bits per heavy atom. The molecular weight excluding hydrogens is 229 g/mol. The molecule has 1 aromatic carbocycles. The second-order valence-electron chi connectivity index (χ2n) is 4.92. The van der Waals surface area contributed by atoms with Crippen LogP contribution in [0.15, 0.2) is 30.3 Å². The highest BCUT2D eigenvalue weighted by Gasteiger charge is 2.18. The lowest BCUT2D eigenvalue weighted by Gasteiger charge is -2.30. The Balaban J connectivity index is 1.96. The number of nitrogens with zero attached hydrogens (tertiary/aromatic N) is 1. The summed E-state index contributed by atoms with van der Waals surface area (Å²) in [5.74, 6) is 0.371. The van der Waals surface area contributed by atoms with Gasteiger partial charge in [0.05, 0.1) is 0 Å². The molecule has 1 saturated heterocycles. The molecule has 1 fully saturated rings. The van der Waals surface area contributed by atoms with Gasteiger partial charge in [-0.15, -0.1) is 0 Å². The van der Waals surface area contributed by atoms with Gasteiger partial charge in [-0.1, -0.05) is 19.1 Å². The van der Waals surface area contributed by atoms with E-state index in [0.717, 1.165) is 25.1 Å². The molecule has 3 heteroatoms. The van der Waals surface area contributed by atoms with E-state index in [4.69, 9.17) is 0 Å². The van der Waals surface area contributed by atoms with Crippen LogP contribution in [0.4, 0.5) is 4.39 Å². The van der Waals surface area contributed by atoms with E-state index in [-0.39, 0.29) is 11.7 Å². The first kappa shape index (κ1) is 12.8. The number of amides is 1. The Morgan fingerprint density at radius 2 is 2.11 bits per heavy atom. The Kier molecular flexibility index (Phi) is 4.13. The van der Waals surface area contributed by atoms with Gasteiger partial charge in [-0.3, -0.25) is 4.79 Å². The minimum absolute atomic E-state index is 0.0471. The predicted molar refractivity (Wildman–Crippen MR) is 70.4 cm³/mol. The number of benzene rings is 1. The van der Waals surface area contributed by atoms with Gasteiger partial charge in [-0.25, -0.2) is 4.39 Å². The molecule has 1 aliphatic rings. The van der Waals surface area contributed by atoms with Crippen LogP contribution in [0, 0.1) is 11.7 Å². The molecule has 0 bridgehead atoms. The molecule has 1 aliphatic heterocycles. The third-order valence-electron chi connectivity index (χ3n) is 3.26. The molecule has 1 amide bonds. The third kappa shape index (κ3) is 3.42. The molecule has 0 aliphatic carbocycles. The number of carbonyl (C=O) groups is 1. The minimum Gasteiger partial charge on any atom is -0.339 e. The van der Waals surface area contributed by atoms with Crippen molar-refractivity contribution in [1.29, 1.82) is 0 Å². The summed E-state index contributed by atoms with van der Waals surface area (Å²) >= 11 is 0.